The number of hydrogen-bond donors (Lipinski definition) is 3. The zero-order valence-corrected chi connectivity index (χ0v) is 27.6. The molecule has 5 atom stereocenters. The number of nitrogens with one attached hydrogen (secondary N) is 2. The fourth-order valence-electron chi connectivity index (χ4n) is 5.32. The lowest BCUT2D eigenvalue weighted by Crippen LogP contribution is -2.55. The first kappa shape index (κ1) is 36.9. The topological polar surface area (TPSA) is 108 Å². The van der Waals surface area contributed by atoms with Crippen molar-refractivity contribution in [3.05, 3.63) is 95.0 Å². The molecule has 0 bridgehead atoms. The number of ether oxygens (including phenoxy) is 1. The maximum Gasteiger partial charge on any atom is 0.390 e. The molecular weight excluding hydrogens is 675 g/mol. The minimum atomic E-state index is -4.67. The molecule has 248 valence electrons. The van der Waals surface area contributed by atoms with Gasteiger partial charge in [0, 0.05) is 24.1 Å². The number of amides is 1. The van der Waals surface area contributed by atoms with Gasteiger partial charge in [-0.1, -0.05) is 64.5 Å². The van der Waals surface area contributed by atoms with Crippen LogP contribution in [0.4, 0.5) is 13.2 Å². The van der Waals surface area contributed by atoms with E-state index in [1.165, 1.54) is 6.08 Å². The molecule has 0 saturated carbocycles. The summed E-state index contributed by atoms with van der Waals surface area (Å²) in [5.74, 6) is -1.90. The van der Waals surface area contributed by atoms with Crippen molar-refractivity contribution in [2.75, 3.05) is 26.0 Å². The Morgan fingerprint density at radius 2 is 1.89 bits per heavy atom. The van der Waals surface area contributed by atoms with E-state index in [4.69, 9.17) is 4.74 Å². The average molecular weight is 717 g/mol. The van der Waals surface area contributed by atoms with Crippen LogP contribution in [-0.4, -0.2) is 74.1 Å². The van der Waals surface area contributed by atoms with Gasteiger partial charge < -0.3 is 20.5 Å². The second kappa shape index (κ2) is 16.8. The summed E-state index contributed by atoms with van der Waals surface area (Å²) in [4.78, 5) is 13.6. The first-order valence-corrected chi connectivity index (χ1v) is 17.1. The maximum absolute atomic E-state index is 13.6. The molecule has 1 amide bonds. The predicted molar refractivity (Wildman–Crippen MR) is 172 cm³/mol. The van der Waals surface area contributed by atoms with Gasteiger partial charge in [-0.25, -0.2) is 8.42 Å². The summed E-state index contributed by atoms with van der Waals surface area (Å²) in [6.07, 6.45) is -3.19. The number of carbonyl (C=O) groups is 1. The van der Waals surface area contributed by atoms with Crippen LogP contribution in [0.3, 0.4) is 0 Å². The zero-order chi connectivity index (χ0) is 33.2. The lowest BCUT2D eigenvalue weighted by molar-refractivity contribution is -0.130. The maximum atomic E-state index is 13.6. The van der Waals surface area contributed by atoms with Gasteiger partial charge in [0.25, 0.3) is 0 Å². The van der Waals surface area contributed by atoms with E-state index < -0.39 is 52.5 Å². The Morgan fingerprint density at radius 3 is 2.53 bits per heavy atom. The van der Waals surface area contributed by atoms with E-state index in [0.717, 1.165) is 28.2 Å². The van der Waals surface area contributed by atoms with E-state index in [1.807, 2.05) is 48.5 Å². The first-order valence-electron chi connectivity index (χ1n) is 14.7. The molecule has 0 fully saturated rings. The average Bonchev–Trinajstić information content (AvgIpc) is 3.34. The Kier molecular flexibility index (Phi) is 13.8. The van der Waals surface area contributed by atoms with Gasteiger partial charge in [0.15, 0.2) is 0 Å². The molecule has 1 aliphatic rings. The van der Waals surface area contributed by atoms with E-state index in [1.54, 1.807) is 6.08 Å². The Hall–Kier alpha value is -2.55. The Bertz CT molecular complexity index is 1390. The van der Waals surface area contributed by atoms with Crippen LogP contribution in [0.1, 0.15) is 54.5 Å². The number of rotatable bonds is 18. The van der Waals surface area contributed by atoms with Crippen LogP contribution >= 0.6 is 15.9 Å². The van der Waals surface area contributed by atoms with Gasteiger partial charge in [0.05, 0.1) is 37.0 Å². The molecule has 0 aromatic heterocycles. The SMILES string of the molecule is C=CCC[C@@H](C(=O)N[C@@H](Cc1ccccc1)[C@H](O)CN[C@H]1C[C@@H](OCC=C)c2ccc(Br)cc21)N(C)S(=O)(=O)CCC(F)(F)F. The quantitative estimate of drug-likeness (QED) is 0.179. The highest BCUT2D eigenvalue weighted by molar-refractivity contribution is 9.10. The largest absolute Gasteiger partial charge is 0.390 e. The molecule has 2 aromatic carbocycles. The molecule has 13 heteroatoms. The zero-order valence-electron chi connectivity index (χ0n) is 25.2. The summed E-state index contributed by atoms with van der Waals surface area (Å²) in [6.45, 7) is 7.80. The van der Waals surface area contributed by atoms with Gasteiger partial charge in [-0.3, -0.25) is 4.79 Å². The molecule has 0 saturated heterocycles. The number of benzene rings is 2. The van der Waals surface area contributed by atoms with Crippen LogP contribution in [0.15, 0.2) is 78.3 Å². The number of fused-ring (bicyclic) bond motifs is 1. The summed E-state index contributed by atoms with van der Waals surface area (Å²) in [6, 6.07) is 12.8. The van der Waals surface area contributed by atoms with Gasteiger partial charge in [-0.2, -0.15) is 17.5 Å². The highest BCUT2D eigenvalue weighted by atomic mass is 79.9. The van der Waals surface area contributed by atoms with Crippen molar-refractivity contribution < 1.29 is 36.2 Å². The van der Waals surface area contributed by atoms with Crippen LogP contribution in [0.5, 0.6) is 0 Å². The number of likely N-dealkylation sites (N-methyl/N-ethyl adjacent to an activating group) is 1. The highest BCUT2D eigenvalue weighted by Crippen LogP contribution is 2.42. The summed E-state index contributed by atoms with van der Waals surface area (Å²) in [5, 5.41) is 17.6. The predicted octanol–water partition coefficient (Wildman–Crippen LogP) is 5.36. The minimum absolute atomic E-state index is 0.00329. The number of carbonyl (C=O) groups excluding carboxylic acids is 1. The van der Waals surface area contributed by atoms with Crippen molar-refractivity contribution >= 4 is 31.9 Å². The number of aliphatic hydroxyl groups excluding tert-OH is 1. The van der Waals surface area contributed by atoms with Crippen molar-refractivity contribution in [3.8, 4) is 0 Å². The van der Waals surface area contributed by atoms with E-state index in [2.05, 4.69) is 39.7 Å². The molecule has 0 unspecified atom stereocenters. The second-order valence-corrected chi connectivity index (χ2v) is 14.1. The Morgan fingerprint density at radius 1 is 1.18 bits per heavy atom. The number of alkyl halides is 3. The molecule has 8 nitrogen and oxygen atoms in total. The van der Waals surface area contributed by atoms with Crippen molar-refractivity contribution in [3.63, 3.8) is 0 Å². The third-order valence-electron chi connectivity index (χ3n) is 7.77. The normalized spacial score (nSPS) is 18.6. The number of allylic oxidation sites excluding steroid dienone is 1. The number of hydrogen-bond acceptors (Lipinski definition) is 6. The second-order valence-electron chi connectivity index (χ2n) is 11.0. The van der Waals surface area contributed by atoms with Crippen LogP contribution in [-0.2, 0) is 26.0 Å². The summed E-state index contributed by atoms with van der Waals surface area (Å²) in [7, 11) is -3.33. The van der Waals surface area contributed by atoms with E-state index in [9.17, 15) is 31.5 Å². The van der Waals surface area contributed by atoms with Crippen molar-refractivity contribution in [1.29, 1.82) is 0 Å². The molecule has 0 radical (unpaired) electrons. The van der Waals surface area contributed by atoms with Crippen molar-refractivity contribution in [1.82, 2.24) is 14.9 Å². The summed E-state index contributed by atoms with van der Waals surface area (Å²) >= 11 is 3.52. The van der Waals surface area contributed by atoms with Crippen LogP contribution in [0, 0.1) is 0 Å². The van der Waals surface area contributed by atoms with Crippen LogP contribution in [0.25, 0.3) is 0 Å². The lowest BCUT2D eigenvalue weighted by atomic mass is 9.99. The van der Waals surface area contributed by atoms with Gasteiger partial charge in [-0.05, 0) is 54.5 Å². The van der Waals surface area contributed by atoms with Gasteiger partial charge in [0.2, 0.25) is 15.9 Å². The van der Waals surface area contributed by atoms with Crippen LogP contribution in [0.2, 0.25) is 0 Å². The fourth-order valence-corrected chi connectivity index (χ4v) is 7.06. The van der Waals surface area contributed by atoms with Gasteiger partial charge >= 0.3 is 6.18 Å². The summed E-state index contributed by atoms with van der Waals surface area (Å²) < 4.78 is 71.6. The van der Waals surface area contributed by atoms with E-state index in [0.29, 0.717) is 17.3 Å². The highest BCUT2D eigenvalue weighted by Gasteiger charge is 2.37. The summed E-state index contributed by atoms with van der Waals surface area (Å²) in [5.41, 5.74) is 2.87. The molecular formula is C32H41BrF3N3O5S. The lowest BCUT2D eigenvalue weighted by Gasteiger charge is -2.31. The van der Waals surface area contributed by atoms with Gasteiger partial charge in [-0.15, -0.1) is 13.2 Å². The monoisotopic (exact) mass is 715 g/mol. The molecule has 3 rings (SSSR count). The smallest absolute Gasteiger partial charge is 0.390 e. The molecule has 3 N–H and O–H groups in total. The first-order chi connectivity index (χ1) is 21.3. The van der Waals surface area contributed by atoms with Crippen molar-refractivity contribution in [2.45, 2.75) is 68.6 Å². The Labute approximate surface area is 271 Å². The fraction of sp³-hybridized carbons (Fsp3) is 0.469. The minimum Gasteiger partial charge on any atom is -0.390 e. The number of halogens is 4. The van der Waals surface area contributed by atoms with Crippen LogP contribution < -0.4 is 10.6 Å². The number of sulfonamides is 1. The molecule has 1 aliphatic carbocycles. The third-order valence-corrected chi connectivity index (χ3v) is 10.1. The molecule has 0 aliphatic heterocycles. The van der Waals surface area contributed by atoms with E-state index in [-0.39, 0.29) is 38.0 Å². The Balaban J connectivity index is 1.80. The number of aliphatic hydroxyl groups is 1. The molecule has 0 heterocycles. The third kappa shape index (κ3) is 11.0. The van der Waals surface area contributed by atoms with Crippen molar-refractivity contribution in [2.24, 2.45) is 0 Å². The van der Waals surface area contributed by atoms with E-state index >= 15 is 0 Å². The molecule has 2 aromatic rings. The molecule has 0 spiro atoms. The standard InChI is InChI=1S/C32H41BrF3N3O5S/c1-4-6-12-28(39(3)45(42,43)17-15-32(34,35)36)31(41)38-27(18-22-10-8-7-9-11-22)29(40)21-37-26-20-30(44-16-5-2)24-14-13-23(33)19-25(24)26/h4-5,7-11,13-14,19,26-30,37,40H,1-2,6,12,15-18,20-21H2,3H3,(H,38,41)/t26-,27-,28-,29+,30+/m0/s1. The molecule has 45 heavy (non-hydrogen) atoms. The van der Waals surface area contributed by atoms with Gasteiger partial charge in [0.1, 0.15) is 6.04 Å². The number of nitrogens with zero attached hydrogens (tertiary/aromatic N) is 1.